The molecule has 30 heavy (non-hydrogen) atoms. The fourth-order valence-electron chi connectivity index (χ4n) is 4.39. The molecular weight excluding hydrogens is 402 g/mol. The van der Waals surface area contributed by atoms with Crippen LogP contribution in [0.5, 0.6) is 0 Å². The molecule has 1 saturated heterocycles. The summed E-state index contributed by atoms with van der Waals surface area (Å²) >= 11 is 0. The third kappa shape index (κ3) is 4.60. The summed E-state index contributed by atoms with van der Waals surface area (Å²) in [4.78, 5) is 29.0. The van der Waals surface area contributed by atoms with Crippen molar-refractivity contribution in [2.45, 2.75) is 31.8 Å². The molecule has 1 atom stereocenters. The Hall–Kier alpha value is -2.57. The molecular formula is C23H28ClN3O3. The minimum absolute atomic E-state index is 0. The molecule has 1 fully saturated rings. The molecule has 160 valence electrons. The molecule has 2 aromatic carbocycles. The highest BCUT2D eigenvalue weighted by Crippen LogP contribution is 2.40. The molecule has 2 amide bonds. The number of hydrogen-bond donors (Lipinski definition) is 1. The predicted octanol–water partition coefficient (Wildman–Crippen LogP) is 4.07. The van der Waals surface area contributed by atoms with Gasteiger partial charge in [0.05, 0.1) is 19.2 Å². The lowest BCUT2D eigenvalue weighted by atomic mass is 9.90. The summed E-state index contributed by atoms with van der Waals surface area (Å²) in [6.45, 7) is 4.09. The number of amides is 2. The van der Waals surface area contributed by atoms with Crippen LogP contribution in [0.2, 0.25) is 0 Å². The molecule has 1 N–H and O–H groups in total. The van der Waals surface area contributed by atoms with Crippen molar-refractivity contribution < 1.29 is 14.3 Å². The molecule has 0 aliphatic carbocycles. The van der Waals surface area contributed by atoms with Crippen LogP contribution < -0.4 is 5.32 Å². The average Bonchev–Trinajstić information content (AvgIpc) is 2.74. The highest BCUT2D eigenvalue weighted by Gasteiger charge is 2.39. The molecule has 7 heteroatoms. The van der Waals surface area contributed by atoms with Gasteiger partial charge in [-0.3, -0.25) is 9.69 Å². The Bertz CT molecular complexity index is 869. The van der Waals surface area contributed by atoms with Gasteiger partial charge in [-0.05, 0) is 31.4 Å². The zero-order valence-electron chi connectivity index (χ0n) is 17.1. The van der Waals surface area contributed by atoms with Gasteiger partial charge in [0.2, 0.25) is 0 Å². The summed E-state index contributed by atoms with van der Waals surface area (Å²) in [6, 6.07) is 18.2. The summed E-state index contributed by atoms with van der Waals surface area (Å²) in [5.41, 5.74) is 3.11. The highest BCUT2D eigenvalue weighted by molar-refractivity contribution is 5.94. The van der Waals surface area contributed by atoms with E-state index in [9.17, 15) is 9.59 Å². The van der Waals surface area contributed by atoms with Crippen molar-refractivity contribution >= 4 is 30.1 Å². The summed E-state index contributed by atoms with van der Waals surface area (Å²) in [6.07, 6.45) is 1.66. The van der Waals surface area contributed by atoms with Crippen LogP contribution in [0.3, 0.4) is 0 Å². The number of fused-ring (bicyclic) bond motifs is 1. The standard InChI is InChI=1S/C23H27N3O3.ClH/c1-2-29-21(27)16-25-14-12-18(13-15-25)26-22(17-8-4-3-5-9-17)19-10-6-7-11-20(19)24-23(26)28;/h3-11,18,22H,2,12-16H2,1H3,(H,24,28);1H. The van der Waals surface area contributed by atoms with Gasteiger partial charge in [0.1, 0.15) is 0 Å². The summed E-state index contributed by atoms with van der Waals surface area (Å²) < 4.78 is 5.06. The zero-order chi connectivity index (χ0) is 20.2. The Labute approximate surface area is 183 Å². The number of piperidine rings is 1. The number of hydrogen-bond acceptors (Lipinski definition) is 4. The number of likely N-dealkylation sites (tertiary alicyclic amines) is 1. The lowest BCUT2D eigenvalue weighted by Crippen LogP contribution is -2.53. The maximum Gasteiger partial charge on any atom is 0.322 e. The van der Waals surface area contributed by atoms with Crippen LogP contribution in [-0.4, -0.2) is 54.1 Å². The predicted molar refractivity (Wildman–Crippen MR) is 119 cm³/mol. The van der Waals surface area contributed by atoms with E-state index in [0.717, 1.165) is 42.7 Å². The number of anilines is 1. The number of halogens is 1. The number of nitrogens with zero attached hydrogens (tertiary/aromatic N) is 2. The molecule has 2 aromatic rings. The van der Waals surface area contributed by atoms with Crippen molar-refractivity contribution in [3.63, 3.8) is 0 Å². The van der Waals surface area contributed by atoms with Crippen molar-refractivity contribution in [3.05, 3.63) is 65.7 Å². The van der Waals surface area contributed by atoms with Gasteiger partial charge in [0.25, 0.3) is 0 Å². The molecule has 2 heterocycles. The van der Waals surface area contributed by atoms with Crippen LogP contribution in [0.25, 0.3) is 0 Å². The van der Waals surface area contributed by atoms with Crippen LogP contribution in [-0.2, 0) is 9.53 Å². The van der Waals surface area contributed by atoms with E-state index >= 15 is 0 Å². The van der Waals surface area contributed by atoms with Crippen molar-refractivity contribution in [2.75, 3.05) is 31.6 Å². The monoisotopic (exact) mass is 429 g/mol. The fraction of sp³-hybridized carbons (Fsp3) is 0.391. The van der Waals surface area contributed by atoms with E-state index in [4.69, 9.17) is 4.74 Å². The Balaban J connectivity index is 0.00000256. The van der Waals surface area contributed by atoms with Gasteiger partial charge in [0.15, 0.2) is 0 Å². The van der Waals surface area contributed by atoms with Gasteiger partial charge in [-0.15, -0.1) is 12.4 Å². The van der Waals surface area contributed by atoms with Crippen LogP contribution in [0, 0.1) is 0 Å². The van der Waals surface area contributed by atoms with Crippen LogP contribution >= 0.6 is 12.4 Å². The fourth-order valence-corrected chi connectivity index (χ4v) is 4.39. The third-order valence-electron chi connectivity index (χ3n) is 5.73. The van der Waals surface area contributed by atoms with Gasteiger partial charge in [0, 0.05) is 30.4 Å². The zero-order valence-corrected chi connectivity index (χ0v) is 17.9. The number of benzene rings is 2. The van der Waals surface area contributed by atoms with E-state index in [1.807, 2.05) is 48.2 Å². The Morgan fingerprint density at radius 3 is 2.43 bits per heavy atom. The van der Waals surface area contributed by atoms with E-state index in [2.05, 4.69) is 28.4 Å². The van der Waals surface area contributed by atoms with Gasteiger partial charge < -0.3 is 15.0 Å². The second kappa shape index (κ2) is 9.96. The smallest absolute Gasteiger partial charge is 0.322 e. The van der Waals surface area contributed by atoms with E-state index in [1.165, 1.54) is 0 Å². The van der Waals surface area contributed by atoms with Crippen molar-refractivity contribution in [2.24, 2.45) is 0 Å². The van der Waals surface area contributed by atoms with E-state index in [1.54, 1.807) is 0 Å². The maximum atomic E-state index is 13.1. The summed E-state index contributed by atoms with van der Waals surface area (Å²) in [5, 5.41) is 3.07. The highest BCUT2D eigenvalue weighted by atomic mass is 35.5. The largest absolute Gasteiger partial charge is 0.465 e. The molecule has 0 radical (unpaired) electrons. The number of para-hydroxylation sites is 1. The molecule has 0 spiro atoms. The molecule has 2 aliphatic rings. The first-order valence-electron chi connectivity index (χ1n) is 10.3. The topological polar surface area (TPSA) is 61.9 Å². The van der Waals surface area contributed by atoms with Gasteiger partial charge in [-0.2, -0.15) is 0 Å². The first-order valence-corrected chi connectivity index (χ1v) is 10.3. The number of nitrogens with one attached hydrogen (secondary N) is 1. The van der Waals surface area contributed by atoms with Crippen molar-refractivity contribution in [1.29, 1.82) is 0 Å². The quantitative estimate of drug-likeness (QED) is 0.727. The van der Waals surface area contributed by atoms with Crippen LogP contribution in [0.4, 0.5) is 10.5 Å². The Morgan fingerprint density at radius 2 is 1.73 bits per heavy atom. The normalized spacial score (nSPS) is 19.4. The molecule has 0 bridgehead atoms. The number of esters is 1. The lowest BCUT2D eigenvalue weighted by Gasteiger charge is -2.45. The first kappa shape index (κ1) is 22.1. The Morgan fingerprint density at radius 1 is 1.07 bits per heavy atom. The maximum absolute atomic E-state index is 13.1. The van der Waals surface area contributed by atoms with E-state index in [0.29, 0.717) is 13.2 Å². The molecule has 0 aromatic heterocycles. The SMILES string of the molecule is CCOC(=O)CN1CCC(N2C(=O)Nc3ccccc3C2c2ccccc2)CC1.Cl. The van der Waals surface area contributed by atoms with Gasteiger partial charge in [-0.1, -0.05) is 48.5 Å². The lowest BCUT2D eigenvalue weighted by molar-refractivity contribution is -0.144. The van der Waals surface area contributed by atoms with E-state index in [-0.39, 0.29) is 36.5 Å². The minimum atomic E-state index is -0.183. The number of urea groups is 1. The van der Waals surface area contributed by atoms with Crippen molar-refractivity contribution in [1.82, 2.24) is 9.80 Å². The molecule has 1 unspecified atom stereocenters. The number of rotatable bonds is 5. The summed E-state index contributed by atoms with van der Waals surface area (Å²) in [7, 11) is 0. The number of carbonyl (C=O) groups is 2. The van der Waals surface area contributed by atoms with Gasteiger partial charge >= 0.3 is 12.0 Å². The third-order valence-corrected chi connectivity index (χ3v) is 5.73. The molecule has 0 saturated carbocycles. The van der Waals surface area contributed by atoms with Gasteiger partial charge in [-0.25, -0.2) is 4.79 Å². The van der Waals surface area contributed by atoms with Crippen LogP contribution in [0.1, 0.15) is 36.9 Å². The second-order valence-corrected chi connectivity index (χ2v) is 7.55. The second-order valence-electron chi connectivity index (χ2n) is 7.55. The molecule has 2 aliphatic heterocycles. The minimum Gasteiger partial charge on any atom is -0.465 e. The van der Waals surface area contributed by atoms with Crippen LogP contribution in [0.15, 0.2) is 54.6 Å². The molecule has 4 rings (SSSR count). The number of carbonyl (C=O) groups excluding carboxylic acids is 2. The average molecular weight is 430 g/mol. The Kier molecular flexibility index (Phi) is 7.34. The molecule has 6 nitrogen and oxygen atoms in total. The first-order chi connectivity index (χ1) is 14.2. The summed E-state index contributed by atoms with van der Waals surface area (Å²) in [5.74, 6) is -0.183. The number of ether oxygens (including phenoxy) is 1. The van der Waals surface area contributed by atoms with Crippen molar-refractivity contribution in [3.8, 4) is 0 Å². The van der Waals surface area contributed by atoms with E-state index < -0.39 is 0 Å².